The number of hydrogen-bond donors (Lipinski definition) is 2. The molecule has 0 saturated heterocycles. The van der Waals surface area contributed by atoms with Crippen LogP contribution in [0.4, 0.5) is 18.9 Å². The highest BCUT2D eigenvalue weighted by molar-refractivity contribution is 5.93. The molecule has 9 heteroatoms. The first-order valence-electron chi connectivity index (χ1n) is 9.30. The molecule has 0 saturated carbocycles. The molecule has 0 atom stereocenters. The van der Waals surface area contributed by atoms with E-state index in [1.807, 2.05) is 13.0 Å². The average molecular weight is 421 g/mol. The van der Waals surface area contributed by atoms with E-state index in [1.165, 1.54) is 18.3 Å². The van der Waals surface area contributed by atoms with Gasteiger partial charge < -0.3 is 10.1 Å². The number of rotatable bonds is 9. The lowest BCUT2D eigenvalue weighted by Crippen LogP contribution is -2.20. The number of alkyl halides is 3. The van der Waals surface area contributed by atoms with Crippen molar-refractivity contribution >= 4 is 23.7 Å². The van der Waals surface area contributed by atoms with Crippen molar-refractivity contribution in [3.8, 4) is 5.75 Å². The second-order valence-electron chi connectivity index (χ2n) is 6.31. The maximum absolute atomic E-state index is 12.7. The maximum atomic E-state index is 12.7. The third-order valence-corrected chi connectivity index (χ3v) is 3.83. The van der Waals surface area contributed by atoms with E-state index >= 15 is 0 Å². The summed E-state index contributed by atoms with van der Waals surface area (Å²) in [4.78, 5) is 23.7. The van der Waals surface area contributed by atoms with E-state index in [9.17, 15) is 22.8 Å². The van der Waals surface area contributed by atoms with E-state index in [0.717, 1.165) is 18.6 Å². The maximum Gasteiger partial charge on any atom is 0.416 e. The molecule has 0 spiro atoms. The van der Waals surface area contributed by atoms with Crippen LogP contribution in [0.3, 0.4) is 0 Å². The first-order valence-corrected chi connectivity index (χ1v) is 9.30. The standard InChI is InChI=1S/C21H22F3N3O3/c1-2-12-30-18-9-4-3-6-15(18)14-25-27-20(29)11-10-19(28)26-17-8-5-7-16(13-17)21(22,23)24/h3-9,13-14H,2,10-12H2,1H3,(H,26,28)(H,27,29). The summed E-state index contributed by atoms with van der Waals surface area (Å²) in [6.45, 7) is 2.54. The normalized spacial score (nSPS) is 11.3. The fourth-order valence-corrected chi connectivity index (χ4v) is 2.38. The predicted octanol–water partition coefficient (Wildman–Crippen LogP) is 4.36. The minimum absolute atomic E-state index is 0.0111. The molecule has 6 nitrogen and oxygen atoms in total. The predicted molar refractivity (Wildman–Crippen MR) is 107 cm³/mol. The molecule has 0 unspecified atom stereocenters. The number of anilines is 1. The van der Waals surface area contributed by atoms with E-state index in [4.69, 9.17) is 4.74 Å². The molecule has 0 heterocycles. The van der Waals surface area contributed by atoms with Crippen LogP contribution in [-0.4, -0.2) is 24.6 Å². The number of nitrogens with one attached hydrogen (secondary N) is 2. The summed E-state index contributed by atoms with van der Waals surface area (Å²) in [7, 11) is 0. The van der Waals surface area contributed by atoms with Gasteiger partial charge in [0.25, 0.3) is 0 Å². The van der Waals surface area contributed by atoms with Gasteiger partial charge in [-0.2, -0.15) is 18.3 Å². The summed E-state index contributed by atoms with van der Waals surface area (Å²) in [6.07, 6.45) is -2.58. The summed E-state index contributed by atoms with van der Waals surface area (Å²) in [5.74, 6) is -0.443. The molecule has 0 aromatic heterocycles. The van der Waals surface area contributed by atoms with Crippen LogP contribution >= 0.6 is 0 Å². The van der Waals surface area contributed by atoms with Crippen LogP contribution < -0.4 is 15.5 Å². The zero-order valence-corrected chi connectivity index (χ0v) is 16.3. The van der Waals surface area contributed by atoms with E-state index in [1.54, 1.807) is 18.2 Å². The van der Waals surface area contributed by atoms with E-state index in [-0.39, 0.29) is 18.5 Å². The Morgan fingerprint density at radius 3 is 2.53 bits per heavy atom. The highest BCUT2D eigenvalue weighted by Crippen LogP contribution is 2.30. The van der Waals surface area contributed by atoms with Gasteiger partial charge in [-0.25, -0.2) is 5.43 Å². The molecule has 160 valence electrons. The SMILES string of the molecule is CCCOc1ccccc1C=NNC(=O)CCC(=O)Nc1cccc(C(F)(F)F)c1. The van der Waals surface area contributed by atoms with Gasteiger partial charge in [-0.1, -0.05) is 25.1 Å². The van der Waals surface area contributed by atoms with Gasteiger partial charge in [0, 0.05) is 24.1 Å². The van der Waals surface area contributed by atoms with E-state index in [0.29, 0.717) is 17.9 Å². The smallest absolute Gasteiger partial charge is 0.416 e. The molecular weight excluding hydrogens is 399 g/mol. The number of hydrazone groups is 1. The molecule has 0 fully saturated rings. The van der Waals surface area contributed by atoms with Gasteiger partial charge in [0.05, 0.1) is 18.4 Å². The number of halogens is 3. The Balaban J connectivity index is 1.81. The summed E-state index contributed by atoms with van der Waals surface area (Å²) in [5, 5.41) is 6.19. The number of carbonyl (C=O) groups excluding carboxylic acids is 2. The molecule has 2 amide bonds. The van der Waals surface area contributed by atoms with Gasteiger partial charge in [0.1, 0.15) is 5.75 Å². The zero-order valence-electron chi connectivity index (χ0n) is 16.3. The van der Waals surface area contributed by atoms with Crippen LogP contribution in [0.15, 0.2) is 53.6 Å². The van der Waals surface area contributed by atoms with Crippen molar-refractivity contribution in [2.75, 3.05) is 11.9 Å². The van der Waals surface area contributed by atoms with Gasteiger partial charge in [-0.3, -0.25) is 9.59 Å². The number of hydrogen-bond acceptors (Lipinski definition) is 4. The zero-order chi connectivity index (χ0) is 22.0. The molecule has 2 aromatic rings. The third kappa shape index (κ3) is 7.57. The Morgan fingerprint density at radius 2 is 1.80 bits per heavy atom. The van der Waals surface area contributed by atoms with Crippen LogP contribution in [0.2, 0.25) is 0 Å². The van der Waals surface area contributed by atoms with Crippen molar-refractivity contribution in [2.45, 2.75) is 32.4 Å². The summed E-state index contributed by atoms with van der Waals surface area (Å²) in [6, 6.07) is 11.5. The minimum Gasteiger partial charge on any atom is -0.493 e. The minimum atomic E-state index is -4.50. The average Bonchev–Trinajstić information content (AvgIpc) is 2.71. The fraction of sp³-hybridized carbons (Fsp3) is 0.286. The lowest BCUT2D eigenvalue weighted by molar-refractivity contribution is -0.137. The summed E-state index contributed by atoms with van der Waals surface area (Å²) >= 11 is 0. The van der Waals surface area contributed by atoms with Crippen LogP contribution in [0.25, 0.3) is 0 Å². The number of carbonyl (C=O) groups is 2. The Hall–Kier alpha value is -3.36. The second kappa shape index (κ2) is 11.0. The lowest BCUT2D eigenvalue weighted by Gasteiger charge is -2.09. The number of ether oxygens (including phenoxy) is 1. The van der Waals surface area contributed by atoms with Crippen molar-refractivity contribution in [2.24, 2.45) is 5.10 Å². The van der Waals surface area contributed by atoms with Crippen LogP contribution in [0.5, 0.6) is 5.75 Å². The molecule has 2 rings (SSSR count). The Kier molecular flexibility index (Phi) is 8.40. The molecule has 0 aliphatic carbocycles. The van der Waals surface area contributed by atoms with Gasteiger partial charge in [0.2, 0.25) is 11.8 Å². The number of benzene rings is 2. The quantitative estimate of drug-likeness (QED) is 0.466. The Morgan fingerprint density at radius 1 is 1.07 bits per heavy atom. The van der Waals surface area contributed by atoms with Gasteiger partial charge in [-0.15, -0.1) is 0 Å². The highest BCUT2D eigenvalue weighted by atomic mass is 19.4. The van der Waals surface area contributed by atoms with Crippen LogP contribution in [0, 0.1) is 0 Å². The van der Waals surface area contributed by atoms with Crippen molar-refractivity contribution in [1.29, 1.82) is 0 Å². The van der Waals surface area contributed by atoms with E-state index < -0.39 is 23.6 Å². The van der Waals surface area contributed by atoms with Gasteiger partial charge in [-0.05, 0) is 36.8 Å². The molecular formula is C21H22F3N3O3. The van der Waals surface area contributed by atoms with Crippen molar-refractivity contribution in [1.82, 2.24) is 5.43 Å². The number of para-hydroxylation sites is 1. The Bertz CT molecular complexity index is 898. The third-order valence-electron chi connectivity index (χ3n) is 3.83. The summed E-state index contributed by atoms with van der Waals surface area (Å²) in [5.41, 5.74) is 2.14. The Labute approximate surface area is 172 Å². The second-order valence-corrected chi connectivity index (χ2v) is 6.31. The lowest BCUT2D eigenvalue weighted by atomic mass is 10.2. The number of amides is 2. The molecule has 30 heavy (non-hydrogen) atoms. The molecule has 2 aromatic carbocycles. The number of nitrogens with zero attached hydrogens (tertiary/aromatic N) is 1. The monoisotopic (exact) mass is 421 g/mol. The van der Waals surface area contributed by atoms with E-state index in [2.05, 4.69) is 15.8 Å². The molecule has 0 bridgehead atoms. The van der Waals surface area contributed by atoms with Crippen LogP contribution in [-0.2, 0) is 15.8 Å². The highest BCUT2D eigenvalue weighted by Gasteiger charge is 2.30. The first kappa shape index (κ1) is 22.9. The van der Waals surface area contributed by atoms with Crippen molar-refractivity contribution < 1.29 is 27.5 Å². The van der Waals surface area contributed by atoms with Crippen molar-refractivity contribution in [3.05, 3.63) is 59.7 Å². The molecule has 0 aliphatic heterocycles. The van der Waals surface area contributed by atoms with Crippen LogP contribution in [0.1, 0.15) is 37.3 Å². The summed E-state index contributed by atoms with van der Waals surface area (Å²) < 4.78 is 43.7. The fourth-order valence-electron chi connectivity index (χ4n) is 2.38. The van der Waals surface area contributed by atoms with Gasteiger partial charge >= 0.3 is 6.18 Å². The van der Waals surface area contributed by atoms with Crippen molar-refractivity contribution in [3.63, 3.8) is 0 Å². The molecule has 2 N–H and O–H groups in total. The van der Waals surface area contributed by atoms with Gasteiger partial charge in [0.15, 0.2) is 0 Å². The molecule has 0 aliphatic rings. The first-order chi connectivity index (χ1) is 14.3. The largest absolute Gasteiger partial charge is 0.493 e. The molecule has 0 radical (unpaired) electrons. The topological polar surface area (TPSA) is 79.8 Å².